The van der Waals surface area contributed by atoms with Crippen molar-refractivity contribution in [2.75, 3.05) is 20.3 Å². The van der Waals surface area contributed by atoms with Gasteiger partial charge >= 0.3 is 0 Å². The van der Waals surface area contributed by atoms with Gasteiger partial charge in [0.25, 0.3) is 5.91 Å². The van der Waals surface area contributed by atoms with Gasteiger partial charge in [-0.1, -0.05) is 103 Å². The summed E-state index contributed by atoms with van der Waals surface area (Å²) >= 11 is 0. The molecule has 0 rings (SSSR count). The van der Waals surface area contributed by atoms with Crippen molar-refractivity contribution >= 4 is 5.91 Å². The van der Waals surface area contributed by atoms with Crippen LogP contribution in [-0.2, 0) is 9.53 Å². The second-order valence-corrected chi connectivity index (χ2v) is 8.00. The van der Waals surface area contributed by atoms with E-state index in [0.717, 1.165) is 12.8 Å². The zero-order chi connectivity index (χ0) is 20.9. The molecule has 0 heterocycles. The van der Waals surface area contributed by atoms with Crippen LogP contribution in [0, 0.1) is 0 Å². The van der Waals surface area contributed by atoms with Crippen LogP contribution in [0.4, 0.5) is 0 Å². The predicted octanol–water partition coefficient (Wildman–Crippen LogP) is 4.73. The molecule has 3 N–H and O–H groups in total. The van der Waals surface area contributed by atoms with Crippen molar-refractivity contribution in [3.8, 4) is 0 Å². The molecule has 28 heavy (non-hydrogen) atoms. The molecular formula is C23H47NO4. The van der Waals surface area contributed by atoms with Gasteiger partial charge < -0.3 is 20.3 Å². The molecule has 0 bridgehead atoms. The molecule has 0 saturated carbocycles. The maximum atomic E-state index is 11.7. The number of carbonyl (C=O) groups excluding carboxylic acids is 1. The van der Waals surface area contributed by atoms with E-state index in [4.69, 9.17) is 9.84 Å². The minimum Gasteiger partial charge on any atom is -0.394 e. The third-order valence-corrected chi connectivity index (χ3v) is 5.43. The molecule has 5 nitrogen and oxygen atoms in total. The summed E-state index contributed by atoms with van der Waals surface area (Å²) < 4.78 is 4.86. The molecule has 168 valence electrons. The maximum absolute atomic E-state index is 11.7. The van der Waals surface area contributed by atoms with E-state index < -0.39 is 18.1 Å². The Morgan fingerprint density at radius 1 is 0.786 bits per heavy atom. The number of carbonyl (C=O) groups is 1. The highest BCUT2D eigenvalue weighted by Crippen LogP contribution is 2.13. The number of hydrogen-bond acceptors (Lipinski definition) is 4. The van der Waals surface area contributed by atoms with Crippen molar-refractivity contribution in [3.63, 3.8) is 0 Å². The number of aliphatic hydroxyl groups is 2. The van der Waals surface area contributed by atoms with Crippen molar-refractivity contribution in [3.05, 3.63) is 0 Å². The van der Waals surface area contributed by atoms with Crippen LogP contribution in [0.1, 0.15) is 110 Å². The Labute approximate surface area is 173 Å². The smallest absolute Gasteiger partial charge is 0.251 e. The lowest BCUT2D eigenvalue weighted by Gasteiger charge is -2.18. The van der Waals surface area contributed by atoms with E-state index >= 15 is 0 Å². The molecule has 1 amide bonds. The predicted molar refractivity (Wildman–Crippen MR) is 116 cm³/mol. The molecule has 5 heteroatoms. The summed E-state index contributed by atoms with van der Waals surface area (Å²) in [6.07, 6.45) is 19.0. The highest BCUT2D eigenvalue weighted by atomic mass is 16.5. The summed E-state index contributed by atoms with van der Waals surface area (Å²) in [5.74, 6) is -0.471. The Bertz CT molecular complexity index is 335. The van der Waals surface area contributed by atoms with E-state index in [1.54, 1.807) is 0 Å². The lowest BCUT2D eigenvalue weighted by Crippen LogP contribution is -2.44. The SMILES string of the molecule is CCCCCCCCCCCCCCCCCCNC(=O)C(O)C(CO)OC. The number of aliphatic hydroxyl groups excluding tert-OH is 2. The third-order valence-electron chi connectivity index (χ3n) is 5.43. The Hall–Kier alpha value is -0.650. The molecule has 0 fully saturated rings. The first kappa shape index (κ1) is 27.4. The fourth-order valence-corrected chi connectivity index (χ4v) is 3.46. The Kier molecular flexibility index (Phi) is 20.6. The fourth-order valence-electron chi connectivity index (χ4n) is 3.46. The summed E-state index contributed by atoms with van der Waals surface area (Å²) in [6, 6.07) is 0. The van der Waals surface area contributed by atoms with Crippen LogP contribution in [0.2, 0.25) is 0 Å². The summed E-state index contributed by atoms with van der Waals surface area (Å²) in [6.45, 7) is 2.46. The van der Waals surface area contributed by atoms with E-state index in [0.29, 0.717) is 6.54 Å². The number of rotatable bonds is 21. The van der Waals surface area contributed by atoms with E-state index in [1.807, 2.05) is 0 Å². The average molecular weight is 402 g/mol. The van der Waals surface area contributed by atoms with Crippen LogP contribution in [0.15, 0.2) is 0 Å². The molecule has 2 atom stereocenters. The lowest BCUT2D eigenvalue weighted by molar-refractivity contribution is -0.138. The highest BCUT2D eigenvalue weighted by molar-refractivity contribution is 5.81. The Balaban J connectivity index is 3.26. The molecule has 0 aliphatic heterocycles. The van der Waals surface area contributed by atoms with Gasteiger partial charge in [0.1, 0.15) is 6.10 Å². The molecule has 0 aliphatic carbocycles. The molecule has 0 spiro atoms. The topological polar surface area (TPSA) is 78.8 Å². The second-order valence-electron chi connectivity index (χ2n) is 8.00. The summed E-state index contributed by atoms with van der Waals surface area (Å²) in [5.41, 5.74) is 0. The first-order valence-corrected chi connectivity index (χ1v) is 11.8. The van der Waals surface area contributed by atoms with Crippen molar-refractivity contribution in [1.29, 1.82) is 0 Å². The second kappa shape index (κ2) is 21.1. The monoisotopic (exact) mass is 401 g/mol. The molecule has 0 aromatic rings. The average Bonchev–Trinajstić information content (AvgIpc) is 2.70. The van der Waals surface area contributed by atoms with Gasteiger partial charge in [0.2, 0.25) is 0 Å². The van der Waals surface area contributed by atoms with Gasteiger partial charge in [0.15, 0.2) is 6.10 Å². The largest absolute Gasteiger partial charge is 0.394 e. The number of ether oxygens (including phenoxy) is 1. The number of unbranched alkanes of at least 4 members (excludes halogenated alkanes) is 15. The first-order valence-electron chi connectivity index (χ1n) is 11.8. The van der Waals surface area contributed by atoms with Crippen molar-refractivity contribution in [2.24, 2.45) is 0 Å². The molecule has 0 aromatic heterocycles. The van der Waals surface area contributed by atoms with Crippen molar-refractivity contribution < 1.29 is 19.7 Å². The van der Waals surface area contributed by atoms with Gasteiger partial charge in [-0.15, -0.1) is 0 Å². The Morgan fingerprint density at radius 3 is 1.54 bits per heavy atom. The van der Waals surface area contributed by atoms with E-state index in [9.17, 15) is 9.90 Å². The minimum atomic E-state index is -1.31. The van der Waals surface area contributed by atoms with Crippen LogP contribution in [0.25, 0.3) is 0 Å². The molecule has 2 unspecified atom stereocenters. The van der Waals surface area contributed by atoms with Crippen LogP contribution >= 0.6 is 0 Å². The van der Waals surface area contributed by atoms with E-state index in [1.165, 1.54) is 97.0 Å². The lowest BCUT2D eigenvalue weighted by atomic mass is 10.0. The molecule has 0 radical (unpaired) electrons. The van der Waals surface area contributed by atoms with Crippen LogP contribution in [0.5, 0.6) is 0 Å². The van der Waals surface area contributed by atoms with Crippen molar-refractivity contribution in [2.45, 2.75) is 122 Å². The first-order chi connectivity index (χ1) is 13.7. The summed E-state index contributed by atoms with van der Waals surface area (Å²) in [5, 5.41) is 21.4. The van der Waals surface area contributed by atoms with Gasteiger partial charge in [0.05, 0.1) is 6.61 Å². The van der Waals surface area contributed by atoms with E-state index in [-0.39, 0.29) is 6.61 Å². The van der Waals surface area contributed by atoms with Crippen LogP contribution in [0.3, 0.4) is 0 Å². The van der Waals surface area contributed by atoms with Gasteiger partial charge in [-0.05, 0) is 6.42 Å². The summed E-state index contributed by atoms with van der Waals surface area (Å²) in [7, 11) is 1.37. The van der Waals surface area contributed by atoms with Gasteiger partial charge in [-0.2, -0.15) is 0 Å². The van der Waals surface area contributed by atoms with Gasteiger partial charge in [-0.3, -0.25) is 4.79 Å². The van der Waals surface area contributed by atoms with E-state index in [2.05, 4.69) is 12.2 Å². The summed E-state index contributed by atoms with van der Waals surface area (Å²) in [4.78, 5) is 11.7. The molecular weight excluding hydrogens is 354 g/mol. The number of amides is 1. The van der Waals surface area contributed by atoms with Gasteiger partial charge in [0, 0.05) is 13.7 Å². The van der Waals surface area contributed by atoms with Crippen molar-refractivity contribution in [1.82, 2.24) is 5.32 Å². The standard InChI is InChI=1S/C23H47NO4/c1-3-4-5-6-7-8-9-10-11-12-13-14-15-16-17-18-19-24-23(27)22(26)21(20-25)28-2/h21-22,25-26H,3-20H2,1-2H3,(H,24,27). The number of hydrogen-bond donors (Lipinski definition) is 3. The van der Waals surface area contributed by atoms with Gasteiger partial charge in [-0.25, -0.2) is 0 Å². The minimum absolute atomic E-state index is 0.371. The molecule has 0 saturated heterocycles. The van der Waals surface area contributed by atoms with Crippen LogP contribution < -0.4 is 5.32 Å². The normalized spacial score (nSPS) is 13.4. The number of nitrogens with one attached hydrogen (secondary N) is 1. The fraction of sp³-hybridized carbons (Fsp3) is 0.957. The quantitative estimate of drug-likeness (QED) is 0.243. The Morgan fingerprint density at radius 2 is 1.18 bits per heavy atom. The molecule has 0 aliphatic rings. The number of methoxy groups -OCH3 is 1. The van der Waals surface area contributed by atoms with Crippen LogP contribution in [-0.4, -0.2) is 48.6 Å². The third kappa shape index (κ3) is 16.3. The zero-order valence-corrected chi connectivity index (χ0v) is 18.6. The highest BCUT2D eigenvalue weighted by Gasteiger charge is 2.24. The maximum Gasteiger partial charge on any atom is 0.251 e. The molecule has 0 aromatic carbocycles. The zero-order valence-electron chi connectivity index (χ0n) is 18.6.